The Morgan fingerprint density at radius 1 is 1.47 bits per heavy atom. The normalized spacial score (nSPS) is 19.0. The molecule has 19 heavy (non-hydrogen) atoms. The maximum Gasteiger partial charge on any atom is 0.328 e. The molecule has 1 aliphatic rings. The Hall–Kier alpha value is -2.08. The van der Waals surface area contributed by atoms with E-state index in [4.69, 9.17) is 14.6 Å². The Labute approximate surface area is 110 Å². The number of nitrogens with zero attached hydrogens (tertiary/aromatic N) is 1. The number of rotatable bonds is 3. The average Bonchev–Trinajstić information content (AvgIpc) is 2.46. The number of aliphatic carboxylic acids is 1. The molecule has 2 rings (SSSR count). The smallest absolute Gasteiger partial charge is 0.328 e. The molecule has 102 valence electrons. The summed E-state index contributed by atoms with van der Waals surface area (Å²) in [7, 11) is 1.51. The molecule has 0 saturated carbocycles. The highest BCUT2D eigenvalue weighted by Crippen LogP contribution is 2.17. The van der Waals surface area contributed by atoms with Gasteiger partial charge in [0.2, 0.25) is 0 Å². The molecular formula is C13H15NO5. The van der Waals surface area contributed by atoms with Gasteiger partial charge in [0.1, 0.15) is 5.75 Å². The van der Waals surface area contributed by atoms with E-state index < -0.39 is 12.0 Å². The number of methoxy groups -OCH3 is 1. The predicted molar refractivity (Wildman–Crippen MR) is 66.3 cm³/mol. The van der Waals surface area contributed by atoms with Crippen molar-refractivity contribution in [2.75, 3.05) is 26.9 Å². The number of morpholine rings is 1. The third-order valence-electron chi connectivity index (χ3n) is 2.99. The van der Waals surface area contributed by atoms with E-state index in [2.05, 4.69) is 0 Å². The molecular weight excluding hydrogens is 250 g/mol. The monoisotopic (exact) mass is 265 g/mol. The van der Waals surface area contributed by atoms with Crippen LogP contribution < -0.4 is 4.74 Å². The molecule has 0 radical (unpaired) electrons. The van der Waals surface area contributed by atoms with Crippen LogP contribution in [0.1, 0.15) is 10.4 Å². The topological polar surface area (TPSA) is 76.1 Å². The molecule has 1 aliphatic heterocycles. The molecule has 1 aromatic rings. The highest BCUT2D eigenvalue weighted by molar-refractivity contribution is 5.97. The second kappa shape index (κ2) is 5.71. The predicted octanol–water partition coefficient (Wildman–Crippen LogP) is 0.621. The number of carbonyl (C=O) groups excluding carboxylic acids is 1. The molecule has 1 aromatic carbocycles. The Balaban J connectivity index is 2.23. The van der Waals surface area contributed by atoms with E-state index >= 15 is 0 Å². The van der Waals surface area contributed by atoms with Crippen LogP contribution in [0.4, 0.5) is 0 Å². The van der Waals surface area contributed by atoms with Crippen molar-refractivity contribution in [2.45, 2.75) is 6.04 Å². The first-order valence-corrected chi connectivity index (χ1v) is 5.89. The van der Waals surface area contributed by atoms with Crippen LogP contribution in [0.2, 0.25) is 0 Å². The van der Waals surface area contributed by atoms with Gasteiger partial charge in [-0.2, -0.15) is 0 Å². The summed E-state index contributed by atoms with van der Waals surface area (Å²) in [6.45, 7) is 0.636. The van der Waals surface area contributed by atoms with Gasteiger partial charge >= 0.3 is 5.97 Å². The van der Waals surface area contributed by atoms with Crippen LogP contribution in [0.25, 0.3) is 0 Å². The largest absolute Gasteiger partial charge is 0.497 e. The zero-order valence-electron chi connectivity index (χ0n) is 10.5. The summed E-state index contributed by atoms with van der Waals surface area (Å²) in [6, 6.07) is 5.72. The second-order valence-electron chi connectivity index (χ2n) is 4.16. The molecule has 1 amide bonds. The van der Waals surface area contributed by atoms with Crippen LogP contribution in [0.15, 0.2) is 24.3 Å². The first-order chi connectivity index (χ1) is 9.13. The fourth-order valence-electron chi connectivity index (χ4n) is 1.97. The SMILES string of the molecule is COc1cccc(C(=O)N2CCOC[C@H]2C(=O)O)c1. The van der Waals surface area contributed by atoms with E-state index in [1.54, 1.807) is 24.3 Å². The Morgan fingerprint density at radius 2 is 2.26 bits per heavy atom. The van der Waals surface area contributed by atoms with Gasteiger partial charge in [-0.25, -0.2) is 4.79 Å². The number of ether oxygens (including phenoxy) is 2. The molecule has 1 atom stereocenters. The van der Waals surface area contributed by atoms with Gasteiger partial charge in [-0.3, -0.25) is 4.79 Å². The first-order valence-electron chi connectivity index (χ1n) is 5.89. The lowest BCUT2D eigenvalue weighted by Gasteiger charge is -2.32. The molecule has 0 bridgehead atoms. The van der Waals surface area contributed by atoms with Crippen LogP contribution in [0, 0.1) is 0 Å². The van der Waals surface area contributed by atoms with E-state index in [1.807, 2.05) is 0 Å². The van der Waals surface area contributed by atoms with Gasteiger partial charge in [0.25, 0.3) is 5.91 Å². The summed E-state index contributed by atoms with van der Waals surface area (Å²) < 4.78 is 10.2. The second-order valence-corrected chi connectivity index (χ2v) is 4.16. The minimum Gasteiger partial charge on any atom is -0.497 e. The van der Waals surface area contributed by atoms with Gasteiger partial charge in [0.05, 0.1) is 20.3 Å². The lowest BCUT2D eigenvalue weighted by molar-refractivity contribution is -0.147. The summed E-state index contributed by atoms with van der Waals surface area (Å²) in [5.41, 5.74) is 0.410. The van der Waals surface area contributed by atoms with Crippen molar-refractivity contribution in [3.05, 3.63) is 29.8 Å². The fraction of sp³-hybridized carbons (Fsp3) is 0.385. The minimum atomic E-state index is -1.06. The molecule has 0 spiro atoms. The van der Waals surface area contributed by atoms with Crippen molar-refractivity contribution in [3.63, 3.8) is 0 Å². The number of hydrogen-bond acceptors (Lipinski definition) is 4. The van der Waals surface area contributed by atoms with Crippen molar-refractivity contribution in [3.8, 4) is 5.75 Å². The summed E-state index contributed by atoms with van der Waals surface area (Å²) in [5, 5.41) is 9.11. The van der Waals surface area contributed by atoms with Crippen molar-refractivity contribution in [1.29, 1.82) is 0 Å². The highest BCUT2D eigenvalue weighted by atomic mass is 16.5. The van der Waals surface area contributed by atoms with Crippen molar-refractivity contribution in [1.82, 2.24) is 4.90 Å². The Bertz CT molecular complexity index is 488. The maximum absolute atomic E-state index is 12.3. The van der Waals surface area contributed by atoms with Crippen LogP contribution in [0.3, 0.4) is 0 Å². The number of hydrogen-bond donors (Lipinski definition) is 1. The number of benzene rings is 1. The van der Waals surface area contributed by atoms with Crippen LogP contribution >= 0.6 is 0 Å². The van der Waals surface area contributed by atoms with Gasteiger partial charge in [0.15, 0.2) is 6.04 Å². The number of carboxylic acids is 1. The van der Waals surface area contributed by atoms with Gasteiger partial charge < -0.3 is 19.5 Å². The molecule has 0 aromatic heterocycles. The zero-order valence-corrected chi connectivity index (χ0v) is 10.5. The van der Waals surface area contributed by atoms with Gasteiger partial charge in [-0.15, -0.1) is 0 Å². The first kappa shape index (κ1) is 13.4. The molecule has 6 heteroatoms. The molecule has 1 N–H and O–H groups in total. The van der Waals surface area contributed by atoms with Gasteiger partial charge in [-0.05, 0) is 18.2 Å². The van der Waals surface area contributed by atoms with Crippen LogP contribution in [0.5, 0.6) is 5.75 Å². The highest BCUT2D eigenvalue weighted by Gasteiger charge is 2.33. The van der Waals surface area contributed by atoms with Crippen LogP contribution in [-0.4, -0.2) is 54.8 Å². The molecule has 0 unspecified atom stereocenters. The van der Waals surface area contributed by atoms with E-state index in [0.29, 0.717) is 17.9 Å². The zero-order chi connectivity index (χ0) is 13.8. The third-order valence-corrected chi connectivity index (χ3v) is 2.99. The number of carbonyl (C=O) groups is 2. The van der Waals surface area contributed by atoms with Crippen molar-refractivity contribution in [2.24, 2.45) is 0 Å². The van der Waals surface area contributed by atoms with E-state index in [1.165, 1.54) is 12.0 Å². The lowest BCUT2D eigenvalue weighted by atomic mass is 10.1. The van der Waals surface area contributed by atoms with E-state index in [0.717, 1.165) is 0 Å². The summed E-state index contributed by atoms with van der Waals surface area (Å²) in [6.07, 6.45) is 0. The van der Waals surface area contributed by atoms with Gasteiger partial charge in [-0.1, -0.05) is 6.07 Å². The molecule has 1 saturated heterocycles. The number of amides is 1. The quantitative estimate of drug-likeness (QED) is 0.867. The molecule has 6 nitrogen and oxygen atoms in total. The van der Waals surface area contributed by atoms with Crippen molar-refractivity contribution < 1.29 is 24.2 Å². The summed E-state index contributed by atoms with van der Waals surface area (Å²) >= 11 is 0. The van der Waals surface area contributed by atoms with Gasteiger partial charge in [0, 0.05) is 12.1 Å². The maximum atomic E-state index is 12.3. The lowest BCUT2D eigenvalue weighted by Crippen LogP contribution is -2.52. The van der Waals surface area contributed by atoms with E-state index in [9.17, 15) is 9.59 Å². The minimum absolute atomic E-state index is 0.0189. The van der Waals surface area contributed by atoms with E-state index in [-0.39, 0.29) is 19.1 Å². The molecule has 1 heterocycles. The Morgan fingerprint density at radius 3 is 2.95 bits per heavy atom. The van der Waals surface area contributed by atoms with Crippen molar-refractivity contribution >= 4 is 11.9 Å². The number of carboxylic acid groups (broad SMARTS) is 1. The van der Waals surface area contributed by atoms with Crippen LogP contribution in [-0.2, 0) is 9.53 Å². The Kier molecular flexibility index (Phi) is 4.01. The third kappa shape index (κ3) is 2.85. The summed E-state index contributed by atoms with van der Waals surface area (Å²) in [4.78, 5) is 24.8. The average molecular weight is 265 g/mol. The standard InChI is InChI=1S/C13H15NO5/c1-18-10-4-2-3-9(7-10)12(15)14-5-6-19-8-11(14)13(16)17/h2-4,7,11H,5-6,8H2,1H3,(H,16,17)/t11-/m0/s1. The molecule has 1 fully saturated rings. The summed E-state index contributed by atoms with van der Waals surface area (Å²) in [5.74, 6) is -0.823. The molecule has 0 aliphatic carbocycles. The fourth-order valence-corrected chi connectivity index (χ4v) is 1.97.